The van der Waals surface area contributed by atoms with Gasteiger partial charge < -0.3 is 0 Å². The summed E-state index contributed by atoms with van der Waals surface area (Å²) in [6.45, 7) is 42.5. The summed E-state index contributed by atoms with van der Waals surface area (Å²) >= 11 is -8.18. The van der Waals surface area contributed by atoms with Crippen LogP contribution in [0, 0.1) is 0 Å². The van der Waals surface area contributed by atoms with E-state index in [1.807, 2.05) is 0 Å². The van der Waals surface area contributed by atoms with E-state index in [1.54, 1.807) is 0 Å². The summed E-state index contributed by atoms with van der Waals surface area (Å²) in [5, 5.41) is 0. The summed E-state index contributed by atoms with van der Waals surface area (Å²) in [5.41, 5.74) is 36.7. The van der Waals surface area contributed by atoms with Crippen molar-refractivity contribution in [1.82, 2.24) is 0 Å². The predicted octanol–water partition coefficient (Wildman–Crippen LogP) is 28.9. The quantitative estimate of drug-likeness (QED) is 0.0667. The van der Waals surface area contributed by atoms with Crippen molar-refractivity contribution in [3.8, 4) is 100 Å². The Hall–Kier alpha value is -11.4. The first-order chi connectivity index (χ1) is 62.1. The fourth-order valence-corrected chi connectivity index (χ4v) is 43.5. The van der Waals surface area contributed by atoms with E-state index in [9.17, 15) is 0 Å². The van der Waals surface area contributed by atoms with Crippen LogP contribution in [0.5, 0.6) is 0 Å². The first-order valence-corrected chi connectivity index (χ1v) is 56.3. The van der Waals surface area contributed by atoms with Crippen molar-refractivity contribution in [3.05, 3.63) is 420 Å². The number of hydrogen-bond acceptors (Lipinski definition) is 0. The van der Waals surface area contributed by atoms with E-state index in [4.69, 9.17) is 0 Å². The Labute approximate surface area is 776 Å². The molecular formula is C127H126Ge2. The SMILES string of the molecule is CCC1(CC)c2cc(-c3cc(-c4ccc(C(C)(C)C)cc4)cc(-c4ccc(C(C)(C)C)cc4)c3)ccc2-c2cc[c]([Ge]([c]3ccccc3)([c]3ccccc3)[c]3ccc4c(c3)C(CC)(CC)c3c[c]([Ge]([c]5ccccc5)([c]5ccccc5)[c]5ccc6c(c5)C(CC)(CC)c5cc(-c7cc(-c8ccc(C(C)(C)C)cc8)cc(-c8ccc(C(C)(C)C)cc8)c7)ccc5-6)ccc3-4)cc21. The van der Waals surface area contributed by atoms with Crippen LogP contribution in [0.25, 0.3) is 100 Å². The van der Waals surface area contributed by atoms with Crippen LogP contribution in [0.1, 0.15) is 219 Å². The van der Waals surface area contributed by atoms with Crippen LogP contribution in [-0.2, 0) is 37.9 Å². The van der Waals surface area contributed by atoms with Crippen molar-refractivity contribution in [2.75, 3.05) is 0 Å². The van der Waals surface area contributed by atoms with E-state index < -0.39 is 26.5 Å². The second-order valence-corrected chi connectivity index (χ2v) is 57.8. The molecule has 129 heavy (non-hydrogen) atoms. The summed E-state index contributed by atoms with van der Waals surface area (Å²) in [5.74, 6) is 0. The molecule has 0 N–H and O–H groups in total. The number of fused-ring (bicyclic) bond motifs is 9. The summed E-state index contributed by atoms with van der Waals surface area (Å²) < 4.78 is 11.7. The molecule has 0 unspecified atom stereocenters. The molecule has 0 heterocycles. The van der Waals surface area contributed by atoms with E-state index in [0.29, 0.717) is 0 Å². The fraction of sp³-hybridized carbons (Fsp3) is 0.244. The topological polar surface area (TPSA) is 0 Å². The van der Waals surface area contributed by atoms with Crippen molar-refractivity contribution in [2.24, 2.45) is 0 Å². The third kappa shape index (κ3) is 14.5. The standard InChI is InChI=1S/C127H126Ge2/c1-19-125(20-2)115-79-89(95-75-91(85-45-55-97(56-46-85)121(7,8)9)73-92(76-95)86-47-57-98(58-48-86)122(10,11)12)53-67-109(115)111-69-63-105(81-117(111)125)128(101-37-29-25-30-38-101,102-39-31-26-32-40-102)107-65-71-113-114-72-66-108(84-120(114)127(23-5,24-6)119(113)83-107)129(103-41-33-27-34-42-103,104-43-35-28-36-44-104)106-64-70-112-110-68-54-90(80-116(110)126(21-3,22-4)118(112)82-106)96-77-93(87-49-59-99(60-50-87)123(13,14)15)74-94(78-96)88-51-61-100(62-52-88)124(16,17)18/h25-84H,19-24H2,1-18H3. The van der Waals surface area contributed by atoms with Gasteiger partial charge in [-0.25, -0.2) is 0 Å². The second kappa shape index (κ2) is 33.2. The summed E-state index contributed by atoms with van der Waals surface area (Å²) in [4.78, 5) is 0. The first-order valence-electron chi connectivity index (χ1n) is 47.9. The van der Waals surface area contributed by atoms with Crippen LogP contribution < -0.4 is 35.2 Å². The molecule has 642 valence electrons. The van der Waals surface area contributed by atoms with Crippen molar-refractivity contribution in [3.63, 3.8) is 0 Å². The zero-order chi connectivity index (χ0) is 90.0. The monoisotopic (exact) mass is 1800 g/mol. The normalized spacial score (nSPS) is 14.2. The fourth-order valence-electron chi connectivity index (χ4n) is 23.5. The number of benzene rings is 16. The Morgan fingerprint density at radius 3 is 0.519 bits per heavy atom. The molecule has 0 saturated heterocycles. The van der Waals surface area contributed by atoms with Crippen LogP contribution in [0.3, 0.4) is 0 Å². The molecule has 0 nitrogen and oxygen atoms in total. The molecule has 0 amide bonds. The Kier molecular flexibility index (Phi) is 22.4. The van der Waals surface area contributed by atoms with Crippen LogP contribution >= 0.6 is 0 Å². The summed E-state index contributed by atoms with van der Waals surface area (Å²) in [6, 6.07) is 146. The molecule has 0 fully saturated rings. The maximum atomic E-state index is 2.79. The van der Waals surface area contributed by atoms with E-state index in [-0.39, 0.29) is 37.9 Å². The van der Waals surface area contributed by atoms with E-state index in [1.165, 1.54) is 191 Å². The van der Waals surface area contributed by atoms with Gasteiger partial charge in [-0.2, -0.15) is 0 Å². The van der Waals surface area contributed by atoms with Crippen LogP contribution in [0.15, 0.2) is 364 Å². The van der Waals surface area contributed by atoms with Gasteiger partial charge in [0.2, 0.25) is 0 Å². The van der Waals surface area contributed by atoms with Gasteiger partial charge in [-0.15, -0.1) is 0 Å². The van der Waals surface area contributed by atoms with E-state index >= 15 is 0 Å². The van der Waals surface area contributed by atoms with Gasteiger partial charge in [-0.3, -0.25) is 0 Å². The Morgan fingerprint density at radius 2 is 0.333 bits per heavy atom. The van der Waals surface area contributed by atoms with Crippen LogP contribution in [0.4, 0.5) is 0 Å². The Bertz CT molecular complexity index is 6240. The molecule has 19 rings (SSSR count). The first kappa shape index (κ1) is 87.0. The molecule has 2 heteroatoms. The molecule has 0 radical (unpaired) electrons. The molecule has 0 saturated carbocycles. The Morgan fingerprint density at radius 1 is 0.163 bits per heavy atom. The van der Waals surface area contributed by atoms with E-state index in [0.717, 1.165) is 38.5 Å². The van der Waals surface area contributed by atoms with Gasteiger partial charge in [0, 0.05) is 0 Å². The maximum absolute atomic E-state index is 4.09. The van der Waals surface area contributed by atoms with Gasteiger partial charge >= 0.3 is 607 Å². The minimum atomic E-state index is -4.09. The molecule has 0 aliphatic heterocycles. The molecule has 16 aromatic rings. The predicted molar refractivity (Wildman–Crippen MR) is 561 cm³/mol. The van der Waals surface area contributed by atoms with Gasteiger partial charge in [0.1, 0.15) is 0 Å². The zero-order valence-corrected chi connectivity index (χ0v) is 83.6. The molecule has 16 aromatic carbocycles. The van der Waals surface area contributed by atoms with Crippen LogP contribution in [-0.4, -0.2) is 26.5 Å². The second-order valence-electron chi connectivity index (χ2n) is 41.8. The summed E-state index contributed by atoms with van der Waals surface area (Å²) in [7, 11) is 0. The van der Waals surface area contributed by atoms with Gasteiger partial charge in [-0.1, -0.05) is 132 Å². The van der Waals surface area contributed by atoms with Crippen molar-refractivity contribution in [2.45, 2.75) is 201 Å². The molecule has 0 aromatic heterocycles. The van der Waals surface area contributed by atoms with Crippen molar-refractivity contribution in [1.29, 1.82) is 0 Å². The third-order valence-corrected chi connectivity index (χ3v) is 51.1. The van der Waals surface area contributed by atoms with Gasteiger partial charge in [0.25, 0.3) is 0 Å². The van der Waals surface area contributed by atoms with Crippen LogP contribution in [0.2, 0.25) is 0 Å². The molecule has 0 spiro atoms. The Balaban J connectivity index is 0.734. The molecule has 0 atom stereocenters. The average molecular weight is 1800 g/mol. The zero-order valence-electron chi connectivity index (χ0n) is 79.4. The van der Waals surface area contributed by atoms with Gasteiger partial charge in [0.15, 0.2) is 0 Å². The molecule has 3 aliphatic carbocycles. The number of hydrogen-bond donors (Lipinski definition) is 0. The average Bonchev–Trinajstić information content (AvgIpc) is 1.69. The van der Waals surface area contributed by atoms with Crippen molar-refractivity contribution >= 4 is 61.7 Å². The molecule has 0 bridgehead atoms. The summed E-state index contributed by atoms with van der Waals surface area (Å²) in [6.07, 6.45) is 5.85. The molecule has 3 aliphatic rings. The molecular weight excluding hydrogens is 1670 g/mol. The van der Waals surface area contributed by atoms with Gasteiger partial charge in [0.05, 0.1) is 0 Å². The van der Waals surface area contributed by atoms with E-state index in [2.05, 4.69) is 489 Å². The third-order valence-electron chi connectivity index (χ3n) is 31.1. The number of rotatable bonds is 20. The van der Waals surface area contributed by atoms with Crippen molar-refractivity contribution < 1.29 is 0 Å². The minimum absolute atomic E-state index is 0.0574. The van der Waals surface area contributed by atoms with Gasteiger partial charge in [-0.05, 0) is 43.9 Å².